The molecule has 1 aromatic heterocycles. The van der Waals surface area contributed by atoms with Crippen LogP contribution in [-0.4, -0.2) is 12.4 Å². The van der Waals surface area contributed by atoms with Gasteiger partial charge in [0.25, 0.3) is 0 Å². The van der Waals surface area contributed by atoms with E-state index in [1.165, 1.54) is 23.5 Å². The number of carbonyl (C=O) groups is 1. The zero-order valence-electron chi connectivity index (χ0n) is 10.7. The second kappa shape index (κ2) is 6.48. The van der Waals surface area contributed by atoms with Crippen LogP contribution in [0, 0.1) is 12.7 Å². The van der Waals surface area contributed by atoms with Crippen LogP contribution in [0.25, 0.3) is 0 Å². The molecule has 0 aliphatic heterocycles. The number of thiophene rings is 1. The topological polar surface area (TPSA) is 26.3 Å². The van der Waals surface area contributed by atoms with E-state index >= 15 is 0 Å². The van der Waals surface area contributed by atoms with Crippen molar-refractivity contribution in [1.29, 1.82) is 0 Å². The molecule has 0 aliphatic rings. The Morgan fingerprint density at radius 2 is 2.21 bits per heavy atom. The summed E-state index contributed by atoms with van der Waals surface area (Å²) in [7, 11) is 0. The highest BCUT2D eigenvalue weighted by Gasteiger charge is 2.07. The minimum atomic E-state index is -0.266. The molecule has 2 rings (SSSR count). The lowest BCUT2D eigenvalue weighted by atomic mass is 10.2. The third-order valence-electron chi connectivity index (χ3n) is 2.74. The van der Waals surface area contributed by atoms with E-state index in [0.29, 0.717) is 25.2 Å². The maximum Gasteiger partial charge on any atom is 0.172 e. The molecule has 4 heteroatoms. The number of hydrogen-bond acceptors (Lipinski definition) is 3. The van der Waals surface area contributed by atoms with Gasteiger partial charge in [0.1, 0.15) is 11.6 Å². The molecule has 1 heterocycles. The second-order valence-corrected chi connectivity index (χ2v) is 5.21. The molecule has 0 aliphatic carbocycles. The first-order valence-electron chi connectivity index (χ1n) is 6.12. The molecule has 0 saturated carbocycles. The molecule has 0 bridgehead atoms. The summed E-state index contributed by atoms with van der Waals surface area (Å²) < 4.78 is 18.4. The maximum atomic E-state index is 12.9. The van der Waals surface area contributed by atoms with E-state index in [1.54, 1.807) is 13.0 Å². The molecule has 0 spiro atoms. The van der Waals surface area contributed by atoms with Crippen LogP contribution in [-0.2, 0) is 0 Å². The molecule has 1 aromatic carbocycles. The Labute approximate surface area is 115 Å². The summed E-state index contributed by atoms with van der Waals surface area (Å²) in [5, 5.41) is 1.89. The van der Waals surface area contributed by atoms with Gasteiger partial charge >= 0.3 is 0 Å². The average molecular weight is 278 g/mol. The first-order valence-corrected chi connectivity index (χ1v) is 7.00. The van der Waals surface area contributed by atoms with Crippen molar-refractivity contribution in [3.8, 4) is 5.75 Å². The fraction of sp³-hybridized carbons (Fsp3) is 0.267. The predicted molar refractivity (Wildman–Crippen MR) is 74.5 cm³/mol. The highest BCUT2D eigenvalue weighted by Crippen LogP contribution is 2.19. The van der Waals surface area contributed by atoms with Crippen molar-refractivity contribution in [1.82, 2.24) is 0 Å². The van der Waals surface area contributed by atoms with E-state index in [1.807, 2.05) is 17.5 Å². The summed E-state index contributed by atoms with van der Waals surface area (Å²) in [6.07, 6.45) is 1.13. The number of halogens is 1. The minimum Gasteiger partial charge on any atom is -0.493 e. The quantitative estimate of drug-likeness (QED) is 0.583. The van der Waals surface area contributed by atoms with E-state index in [2.05, 4.69) is 0 Å². The molecule has 0 saturated heterocycles. The maximum absolute atomic E-state index is 12.9. The van der Waals surface area contributed by atoms with Crippen molar-refractivity contribution in [2.45, 2.75) is 19.8 Å². The molecule has 19 heavy (non-hydrogen) atoms. The molecular formula is C15H15FO2S. The van der Waals surface area contributed by atoms with Crippen LogP contribution in [0.2, 0.25) is 0 Å². The van der Waals surface area contributed by atoms with Gasteiger partial charge in [-0.2, -0.15) is 0 Å². The van der Waals surface area contributed by atoms with Crippen LogP contribution >= 0.6 is 11.3 Å². The fourth-order valence-corrected chi connectivity index (χ4v) is 2.44. The Morgan fingerprint density at radius 3 is 2.89 bits per heavy atom. The Kier molecular flexibility index (Phi) is 4.68. The number of benzene rings is 1. The van der Waals surface area contributed by atoms with Crippen LogP contribution < -0.4 is 4.74 Å². The number of aryl methyl sites for hydroxylation is 1. The first kappa shape index (κ1) is 13.7. The van der Waals surface area contributed by atoms with E-state index in [0.717, 1.165) is 10.4 Å². The first-order chi connectivity index (χ1) is 9.16. The number of rotatable bonds is 6. The summed E-state index contributed by atoms with van der Waals surface area (Å²) in [6.45, 7) is 2.26. The van der Waals surface area contributed by atoms with Crippen LogP contribution in [0.4, 0.5) is 4.39 Å². The van der Waals surface area contributed by atoms with Gasteiger partial charge in [-0.1, -0.05) is 6.07 Å². The normalized spacial score (nSPS) is 10.4. The number of hydrogen-bond donors (Lipinski definition) is 0. The van der Waals surface area contributed by atoms with Crippen molar-refractivity contribution in [2.75, 3.05) is 6.61 Å². The third-order valence-corrected chi connectivity index (χ3v) is 3.65. The lowest BCUT2D eigenvalue weighted by Gasteiger charge is -2.08. The van der Waals surface area contributed by atoms with Crippen molar-refractivity contribution < 1.29 is 13.9 Å². The minimum absolute atomic E-state index is 0.148. The van der Waals surface area contributed by atoms with Crippen LogP contribution in [0.3, 0.4) is 0 Å². The van der Waals surface area contributed by atoms with E-state index in [-0.39, 0.29) is 11.6 Å². The average Bonchev–Trinajstić information content (AvgIpc) is 2.90. The standard InChI is InChI=1S/C15H15FO2S/c1-11-10-12(16)6-7-14(11)18-8-2-4-13(17)15-5-3-9-19-15/h3,5-7,9-10H,2,4,8H2,1H3. The van der Waals surface area contributed by atoms with Crippen molar-refractivity contribution in [2.24, 2.45) is 0 Å². The molecule has 2 aromatic rings. The van der Waals surface area contributed by atoms with Gasteiger partial charge in [0, 0.05) is 6.42 Å². The Bertz CT molecular complexity index is 549. The molecule has 0 N–H and O–H groups in total. The number of Topliss-reactive ketones (excluding diaryl/α,β-unsaturated/α-hetero) is 1. The zero-order valence-corrected chi connectivity index (χ0v) is 11.5. The van der Waals surface area contributed by atoms with Crippen LogP contribution in [0.15, 0.2) is 35.7 Å². The summed E-state index contributed by atoms with van der Waals surface area (Å²) >= 11 is 1.46. The molecular weight excluding hydrogens is 263 g/mol. The molecule has 0 atom stereocenters. The summed E-state index contributed by atoms with van der Waals surface area (Å²) in [6, 6.07) is 8.13. The zero-order chi connectivity index (χ0) is 13.7. The Balaban J connectivity index is 1.76. The summed E-state index contributed by atoms with van der Waals surface area (Å²) in [5.41, 5.74) is 0.768. The van der Waals surface area contributed by atoms with Gasteiger partial charge in [0.15, 0.2) is 5.78 Å². The lowest BCUT2D eigenvalue weighted by molar-refractivity contribution is 0.0977. The van der Waals surface area contributed by atoms with Gasteiger partial charge in [-0.3, -0.25) is 4.79 Å². The van der Waals surface area contributed by atoms with E-state index in [9.17, 15) is 9.18 Å². The van der Waals surface area contributed by atoms with E-state index < -0.39 is 0 Å². The lowest BCUT2D eigenvalue weighted by Crippen LogP contribution is -2.03. The molecule has 2 nitrogen and oxygen atoms in total. The Hall–Kier alpha value is -1.68. The van der Waals surface area contributed by atoms with Crippen molar-refractivity contribution >= 4 is 17.1 Å². The van der Waals surface area contributed by atoms with Crippen molar-refractivity contribution in [3.63, 3.8) is 0 Å². The number of ketones is 1. The molecule has 0 unspecified atom stereocenters. The highest BCUT2D eigenvalue weighted by molar-refractivity contribution is 7.12. The van der Waals surface area contributed by atoms with Gasteiger partial charge in [-0.05, 0) is 48.6 Å². The van der Waals surface area contributed by atoms with Crippen LogP contribution in [0.5, 0.6) is 5.75 Å². The fourth-order valence-electron chi connectivity index (χ4n) is 1.75. The SMILES string of the molecule is Cc1cc(F)ccc1OCCCC(=O)c1cccs1. The summed E-state index contributed by atoms with van der Waals surface area (Å²) in [5.74, 6) is 0.553. The molecule has 0 fully saturated rings. The predicted octanol–water partition coefficient (Wildman–Crippen LogP) is 4.24. The number of carbonyl (C=O) groups excluding carboxylic acids is 1. The molecule has 0 amide bonds. The van der Waals surface area contributed by atoms with Crippen molar-refractivity contribution in [3.05, 3.63) is 52.0 Å². The number of ether oxygens (including phenoxy) is 1. The van der Waals surface area contributed by atoms with Gasteiger partial charge < -0.3 is 4.74 Å². The van der Waals surface area contributed by atoms with E-state index in [4.69, 9.17) is 4.74 Å². The van der Waals surface area contributed by atoms with Gasteiger partial charge in [0.05, 0.1) is 11.5 Å². The third kappa shape index (κ3) is 3.89. The molecule has 100 valence electrons. The van der Waals surface area contributed by atoms with Gasteiger partial charge in [-0.15, -0.1) is 11.3 Å². The summed E-state index contributed by atoms with van der Waals surface area (Å²) in [4.78, 5) is 12.5. The monoisotopic (exact) mass is 278 g/mol. The Morgan fingerprint density at radius 1 is 1.37 bits per heavy atom. The van der Waals surface area contributed by atoms with Gasteiger partial charge in [-0.25, -0.2) is 4.39 Å². The smallest absolute Gasteiger partial charge is 0.172 e. The van der Waals surface area contributed by atoms with Gasteiger partial charge in [0.2, 0.25) is 0 Å². The second-order valence-electron chi connectivity index (χ2n) is 4.26. The highest BCUT2D eigenvalue weighted by atomic mass is 32.1. The van der Waals surface area contributed by atoms with Crippen LogP contribution in [0.1, 0.15) is 28.1 Å². The largest absolute Gasteiger partial charge is 0.493 e. The molecule has 0 radical (unpaired) electrons.